The first-order chi connectivity index (χ1) is 13.4. The monoisotopic (exact) mass is 402 g/mol. The van der Waals surface area contributed by atoms with Crippen molar-refractivity contribution < 1.29 is 17.9 Å². The lowest BCUT2D eigenvalue weighted by Crippen LogP contribution is -2.35. The van der Waals surface area contributed by atoms with Crippen molar-refractivity contribution in [2.24, 2.45) is 0 Å². The van der Waals surface area contributed by atoms with Crippen LogP contribution in [0.3, 0.4) is 0 Å². The van der Waals surface area contributed by atoms with Gasteiger partial charge in [0.05, 0.1) is 11.5 Å². The quantitative estimate of drug-likeness (QED) is 0.797. The minimum atomic E-state index is -3.58. The van der Waals surface area contributed by atoms with Crippen LogP contribution in [0.4, 0.5) is 5.69 Å². The van der Waals surface area contributed by atoms with E-state index in [0.717, 1.165) is 30.6 Å². The van der Waals surface area contributed by atoms with Crippen molar-refractivity contribution in [3.8, 4) is 5.75 Å². The van der Waals surface area contributed by atoms with Gasteiger partial charge in [-0.05, 0) is 68.7 Å². The number of sulfonamides is 1. The van der Waals surface area contributed by atoms with Gasteiger partial charge in [-0.15, -0.1) is 0 Å². The van der Waals surface area contributed by atoms with E-state index in [1.807, 2.05) is 6.92 Å². The number of nitrogens with zero attached hydrogens (tertiary/aromatic N) is 1. The lowest BCUT2D eigenvalue weighted by molar-refractivity contribution is 0.102. The molecule has 1 heterocycles. The Hall–Kier alpha value is -2.38. The summed E-state index contributed by atoms with van der Waals surface area (Å²) in [5, 5.41) is 2.82. The van der Waals surface area contributed by atoms with Crippen LogP contribution in [0.15, 0.2) is 47.4 Å². The first kappa shape index (κ1) is 20.4. The highest BCUT2D eigenvalue weighted by Crippen LogP contribution is 2.24. The van der Waals surface area contributed by atoms with E-state index in [9.17, 15) is 13.2 Å². The number of rotatable bonds is 6. The molecule has 2 aromatic carbocycles. The summed E-state index contributed by atoms with van der Waals surface area (Å²) in [6, 6.07) is 11.8. The number of benzene rings is 2. The van der Waals surface area contributed by atoms with E-state index in [-0.39, 0.29) is 10.8 Å². The van der Waals surface area contributed by atoms with Crippen LogP contribution in [0, 0.1) is 6.92 Å². The molecule has 0 saturated carbocycles. The fraction of sp³-hybridized carbons (Fsp3) is 0.381. The molecular formula is C21H26N2O4S. The molecule has 0 aromatic heterocycles. The van der Waals surface area contributed by atoms with E-state index >= 15 is 0 Å². The maximum absolute atomic E-state index is 12.9. The fourth-order valence-corrected chi connectivity index (χ4v) is 4.80. The highest BCUT2D eigenvalue weighted by molar-refractivity contribution is 7.89. The molecule has 0 atom stereocenters. The second-order valence-electron chi connectivity index (χ2n) is 6.85. The van der Waals surface area contributed by atoms with Gasteiger partial charge in [-0.2, -0.15) is 4.31 Å². The van der Waals surface area contributed by atoms with Gasteiger partial charge in [-0.25, -0.2) is 8.42 Å². The number of anilines is 1. The average molecular weight is 403 g/mol. The normalized spacial score (nSPS) is 15.2. The second kappa shape index (κ2) is 8.75. The molecule has 1 N–H and O–H groups in total. The van der Waals surface area contributed by atoms with Gasteiger partial charge < -0.3 is 10.1 Å². The first-order valence-corrected chi connectivity index (χ1v) is 11.0. The molecule has 1 amide bonds. The zero-order chi connectivity index (χ0) is 20.1. The summed E-state index contributed by atoms with van der Waals surface area (Å²) in [7, 11) is -3.58. The standard InChI is InChI=1S/C21H26N2O4S/c1-3-27-18-10-8-17(9-11-18)22-21(24)20-15-19(12-7-16(20)2)28(25,26)23-13-5-4-6-14-23/h7-12,15H,3-6,13-14H2,1-2H3,(H,22,24). The molecular weight excluding hydrogens is 376 g/mol. The number of piperidine rings is 1. The van der Waals surface area contributed by atoms with Gasteiger partial charge in [0.25, 0.3) is 5.91 Å². The highest BCUT2D eigenvalue weighted by atomic mass is 32.2. The summed E-state index contributed by atoms with van der Waals surface area (Å²) in [4.78, 5) is 12.9. The van der Waals surface area contributed by atoms with E-state index in [4.69, 9.17) is 4.74 Å². The highest BCUT2D eigenvalue weighted by Gasteiger charge is 2.27. The van der Waals surface area contributed by atoms with Gasteiger partial charge in [0, 0.05) is 24.3 Å². The summed E-state index contributed by atoms with van der Waals surface area (Å²) in [5.74, 6) is 0.392. The molecule has 1 fully saturated rings. The number of amides is 1. The molecule has 3 rings (SSSR count). The first-order valence-electron chi connectivity index (χ1n) is 9.57. The van der Waals surface area contributed by atoms with Gasteiger partial charge in [-0.1, -0.05) is 12.5 Å². The third-order valence-corrected chi connectivity index (χ3v) is 6.72. The average Bonchev–Trinajstić information content (AvgIpc) is 2.70. The van der Waals surface area contributed by atoms with Crippen LogP contribution in [0.25, 0.3) is 0 Å². The van der Waals surface area contributed by atoms with Crippen molar-refractivity contribution in [1.82, 2.24) is 4.31 Å². The number of carbonyl (C=O) groups excluding carboxylic acids is 1. The van der Waals surface area contributed by atoms with Crippen LogP contribution in [-0.4, -0.2) is 38.3 Å². The van der Waals surface area contributed by atoms with Gasteiger partial charge >= 0.3 is 0 Å². The Balaban J connectivity index is 1.81. The van der Waals surface area contributed by atoms with Crippen molar-refractivity contribution in [2.45, 2.75) is 38.0 Å². The molecule has 2 aromatic rings. The van der Waals surface area contributed by atoms with E-state index in [0.29, 0.717) is 30.9 Å². The summed E-state index contributed by atoms with van der Waals surface area (Å²) < 4.78 is 32.7. The smallest absolute Gasteiger partial charge is 0.255 e. The molecule has 0 bridgehead atoms. The zero-order valence-electron chi connectivity index (χ0n) is 16.3. The van der Waals surface area contributed by atoms with Crippen LogP contribution >= 0.6 is 0 Å². The Morgan fingerprint density at radius 3 is 2.39 bits per heavy atom. The maximum atomic E-state index is 12.9. The lowest BCUT2D eigenvalue weighted by atomic mass is 10.1. The Bertz CT molecular complexity index is 933. The van der Waals surface area contributed by atoms with Gasteiger partial charge in [-0.3, -0.25) is 4.79 Å². The number of hydrogen-bond acceptors (Lipinski definition) is 4. The molecule has 1 aliphatic rings. The van der Waals surface area contributed by atoms with Crippen LogP contribution in [0.2, 0.25) is 0 Å². The number of nitrogens with one attached hydrogen (secondary N) is 1. The molecule has 28 heavy (non-hydrogen) atoms. The van der Waals surface area contributed by atoms with Gasteiger partial charge in [0.15, 0.2) is 0 Å². The summed E-state index contributed by atoms with van der Waals surface area (Å²) in [6.07, 6.45) is 2.79. The zero-order valence-corrected chi connectivity index (χ0v) is 17.1. The van der Waals surface area contributed by atoms with Crippen LogP contribution in [-0.2, 0) is 10.0 Å². The second-order valence-corrected chi connectivity index (χ2v) is 8.79. The SMILES string of the molecule is CCOc1ccc(NC(=O)c2cc(S(=O)(=O)N3CCCCC3)ccc2C)cc1. The Morgan fingerprint density at radius 2 is 1.75 bits per heavy atom. The van der Waals surface area contributed by atoms with E-state index in [1.165, 1.54) is 10.4 Å². The number of aryl methyl sites for hydroxylation is 1. The van der Waals surface area contributed by atoms with Crippen LogP contribution < -0.4 is 10.1 Å². The number of hydrogen-bond donors (Lipinski definition) is 1. The van der Waals surface area contributed by atoms with Crippen LogP contribution in [0.5, 0.6) is 5.75 Å². The van der Waals surface area contributed by atoms with E-state index in [1.54, 1.807) is 43.3 Å². The molecule has 7 heteroatoms. The lowest BCUT2D eigenvalue weighted by Gasteiger charge is -2.26. The van der Waals surface area contributed by atoms with Crippen LogP contribution in [0.1, 0.15) is 42.1 Å². The topological polar surface area (TPSA) is 75.7 Å². The Kier molecular flexibility index (Phi) is 6.36. The predicted octanol–water partition coefficient (Wildman–Crippen LogP) is 3.82. The van der Waals surface area contributed by atoms with Crippen molar-refractivity contribution >= 4 is 21.6 Å². The molecule has 0 unspecified atom stereocenters. The Morgan fingerprint density at radius 1 is 1.07 bits per heavy atom. The number of ether oxygens (including phenoxy) is 1. The molecule has 0 radical (unpaired) electrons. The maximum Gasteiger partial charge on any atom is 0.255 e. The van der Waals surface area contributed by atoms with E-state index < -0.39 is 10.0 Å². The minimum absolute atomic E-state index is 0.164. The Labute approximate surface area is 166 Å². The van der Waals surface area contributed by atoms with Crippen molar-refractivity contribution in [3.05, 3.63) is 53.6 Å². The van der Waals surface area contributed by atoms with Crippen molar-refractivity contribution in [2.75, 3.05) is 25.0 Å². The van der Waals surface area contributed by atoms with Crippen molar-refractivity contribution in [3.63, 3.8) is 0 Å². The molecule has 0 aliphatic carbocycles. The number of carbonyl (C=O) groups is 1. The fourth-order valence-electron chi connectivity index (χ4n) is 3.26. The molecule has 1 saturated heterocycles. The third-order valence-electron chi connectivity index (χ3n) is 4.83. The molecule has 6 nitrogen and oxygen atoms in total. The third kappa shape index (κ3) is 4.54. The largest absolute Gasteiger partial charge is 0.494 e. The summed E-state index contributed by atoms with van der Waals surface area (Å²) >= 11 is 0. The predicted molar refractivity (Wildman–Crippen MR) is 109 cm³/mol. The summed E-state index contributed by atoms with van der Waals surface area (Å²) in [5.41, 5.74) is 1.70. The summed E-state index contributed by atoms with van der Waals surface area (Å²) in [6.45, 7) is 5.34. The van der Waals surface area contributed by atoms with Gasteiger partial charge in [0.2, 0.25) is 10.0 Å². The minimum Gasteiger partial charge on any atom is -0.494 e. The van der Waals surface area contributed by atoms with Gasteiger partial charge in [0.1, 0.15) is 5.75 Å². The molecule has 1 aliphatic heterocycles. The molecule has 0 spiro atoms. The van der Waals surface area contributed by atoms with E-state index in [2.05, 4.69) is 5.32 Å². The molecule has 150 valence electrons. The van der Waals surface area contributed by atoms with Crippen molar-refractivity contribution in [1.29, 1.82) is 0 Å².